The van der Waals surface area contributed by atoms with E-state index in [1.54, 1.807) is 30.1 Å². The highest BCUT2D eigenvalue weighted by atomic mass is 16.7. The number of carbonyl (C=O) groups excluding carboxylic acids is 1. The second-order valence-electron chi connectivity index (χ2n) is 7.70. The SMILES string of the molecule is CCN(C(=O)Nc1cc(NCCOC)c(C#N)cn1)c1ccc(-c2cnn(C)c2)c(C2OC=CO2)n1. The number of methoxy groups -OCH3 is 1. The summed E-state index contributed by atoms with van der Waals surface area (Å²) in [6.45, 7) is 3.14. The molecule has 0 aromatic carbocycles. The number of amides is 2. The third-order valence-electron chi connectivity index (χ3n) is 5.33. The van der Waals surface area contributed by atoms with Gasteiger partial charge in [0.2, 0.25) is 0 Å². The Kier molecular flexibility index (Phi) is 7.62. The van der Waals surface area contributed by atoms with Crippen LogP contribution in [0.5, 0.6) is 0 Å². The van der Waals surface area contributed by atoms with Gasteiger partial charge in [-0.25, -0.2) is 14.8 Å². The number of ether oxygens (including phenoxy) is 3. The van der Waals surface area contributed by atoms with Crippen LogP contribution in [0.15, 0.2) is 49.3 Å². The molecule has 1 aliphatic heterocycles. The molecule has 0 radical (unpaired) electrons. The van der Waals surface area contributed by atoms with E-state index in [2.05, 4.69) is 26.8 Å². The van der Waals surface area contributed by atoms with Gasteiger partial charge in [-0.3, -0.25) is 14.9 Å². The van der Waals surface area contributed by atoms with Crippen LogP contribution in [0.3, 0.4) is 0 Å². The number of aromatic nitrogens is 4. The normalized spacial score (nSPS) is 12.5. The largest absolute Gasteiger partial charge is 0.454 e. The minimum Gasteiger partial charge on any atom is -0.454 e. The van der Waals surface area contributed by atoms with E-state index < -0.39 is 12.3 Å². The van der Waals surface area contributed by atoms with Gasteiger partial charge in [0.15, 0.2) is 0 Å². The van der Waals surface area contributed by atoms with Gasteiger partial charge in [-0.2, -0.15) is 10.4 Å². The van der Waals surface area contributed by atoms with Crippen molar-refractivity contribution in [3.8, 4) is 17.2 Å². The summed E-state index contributed by atoms with van der Waals surface area (Å²) in [6.07, 6.45) is 7.14. The third-order valence-corrected chi connectivity index (χ3v) is 5.33. The van der Waals surface area contributed by atoms with E-state index in [9.17, 15) is 10.1 Å². The maximum absolute atomic E-state index is 13.2. The number of anilines is 3. The Labute approximate surface area is 208 Å². The number of carbonyl (C=O) groups is 1. The molecule has 4 rings (SSSR count). The number of urea groups is 1. The number of nitrogens with zero attached hydrogens (tertiary/aromatic N) is 6. The molecule has 0 spiro atoms. The molecule has 2 amide bonds. The summed E-state index contributed by atoms with van der Waals surface area (Å²) in [4.78, 5) is 23.6. The van der Waals surface area contributed by atoms with E-state index in [0.29, 0.717) is 42.5 Å². The fourth-order valence-electron chi connectivity index (χ4n) is 3.60. The Bertz CT molecular complexity index is 1290. The maximum atomic E-state index is 13.2. The van der Waals surface area contributed by atoms with Crippen molar-refractivity contribution in [3.05, 3.63) is 60.6 Å². The number of hydrogen-bond acceptors (Lipinski definition) is 9. The topological polar surface area (TPSA) is 139 Å². The number of aryl methyl sites for hydroxylation is 1. The molecule has 0 bridgehead atoms. The molecule has 3 aromatic rings. The van der Waals surface area contributed by atoms with E-state index in [-0.39, 0.29) is 5.82 Å². The maximum Gasteiger partial charge on any atom is 0.328 e. The van der Waals surface area contributed by atoms with E-state index >= 15 is 0 Å². The summed E-state index contributed by atoms with van der Waals surface area (Å²) in [5.74, 6) is 0.694. The fourth-order valence-corrected chi connectivity index (χ4v) is 3.60. The predicted molar refractivity (Wildman–Crippen MR) is 132 cm³/mol. The molecular weight excluding hydrogens is 464 g/mol. The van der Waals surface area contributed by atoms with E-state index in [1.165, 1.54) is 23.6 Å². The minimum atomic E-state index is -0.747. The number of nitrogens with one attached hydrogen (secondary N) is 2. The first kappa shape index (κ1) is 24.5. The van der Waals surface area contributed by atoms with Crippen molar-refractivity contribution >= 4 is 23.4 Å². The van der Waals surface area contributed by atoms with Crippen molar-refractivity contribution in [2.45, 2.75) is 13.2 Å². The van der Waals surface area contributed by atoms with Crippen LogP contribution in [0, 0.1) is 11.3 Å². The number of nitriles is 1. The fraction of sp³-hybridized carbons (Fsp3) is 0.292. The van der Waals surface area contributed by atoms with Gasteiger partial charge in [0, 0.05) is 56.8 Å². The van der Waals surface area contributed by atoms with Gasteiger partial charge in [-0.05, 0) is 19.1 Å². The predicted octanol–water partition coefficient (Wildman–Crippen LogP) is 3.38. The molecule has 1 aliphatic rings. The standard InChI is InChI=1S/C24H26N8O4/c1-4-32(24(33)29-20-11-19(26-7-8-34-3)16(12-25)13-27-20)21-6-5-18(17-14-28-31(2)15-17)22(30-21)23-35-9-10-36-23/h5-6,9-11,13-15,23H,4,7-8H2,1-3H3,(H2,26,27,29,33). The second kappa shape index (κ2) is 11.2. The molecule has 3 aromatic heterocycles. The lowest BCUT2D eigenvalue weighted by Crippen LogP contribution is -2.36. The van der Waals surface area contributed by atoms with Gasteiger partial charge in [0.1, 0.15) is 35.9 Å². The van der Waals surface area contributed by atoms with Crippen molar-refractivity contribution in [2.75, 3.05) is 42.3 Å². The van der Waals surface area contributed by atoms with Crippen LogP contribution in [0.1, 0.15) is 24.5 Å². The Hall–Kier alpha value is -4.63. The summed E-state index contributed by atoms with van der Waals surface area (Å²) >= 11 is 0. The molecule has 0 atom stereocenters. The zero-order chi connectivity index (χ0) is 25.5. The lowest BCUT2D eigenvalue weighted by Gasteiger charge is -2.23. The highest BCUT2D eigenvalue weighted by molar-refractivity contribution is 6.01. The van der Waals surface area contributed by atoms with Gasteiger partial charge in [0.05, 0.1) is 24.1 Å². The highest BCUT2D eigenvalue weighted by Crippen LogP contribution is 2.33. The average molecular weight is 491 g/mol. The average Bonchev–Trinajstić information content (AvgIpc) is 3.57. The van der Waals surface area contributed by atoms with Crippen LogP contribution in [0.2, 0.25) is 0 Å². The Morgan fingerprint density at radius 2 is 2.11 bits per heavy atom. The number of pyridine rings is 2. The summed E-state index contributed by atoms with van der Waals surface area (Å²) in [7, 11) is 3.42. The zero-order valence-electron chi connectivity index (χ0n) is 20.1. The lowest BCUT2D eigenvalue weighted by molar-refractivity contribution is -0.0273. The van der Waals surface area contributed by atoms with E-state index in [1.807, 2.05) is 26.2 Å². The van der Waals surface area contributed by atoms with E-state index in [4.69, 9.17) is 19.2 Å². The summed E-state index contributed by atoms with van der Waals surface area (Å²) in [5.41, 5.74) is 3.04. The van der Waals surface area contributed by atoms with Crippen LogP contribution < -0.4 is 15.5 Å². The molecule has 12 heteroatoms. The van der Waals surface area contributed by atoms with Crippen molar-refractivity contribution < 1.29 is 19.0 Å². The first-order chi connectivity index (χ1) is 17.5. The highest BCUT2D eigenvalue weighted by Gasteiger charge is 2.26. The Morgan fingerprint density at radius 1 is 1.31 bits per heavy atom. The van der Waals surface area contributed by atoms with Crippen molar-refractivity contribution in [1.29, 1.82) is 5.26 Å². The molecule has 4 heterocycles. The molecule has 2 N–H and O–H groups in total. The van der Waals surface area contributed by atoms with Gasteiger partial charge in [-0.1, -0.05) is 0 Å². The van der Waals surface area contributed by atoms with Crippen molar-refractivity contribution in [1.82, 2.24) is 19.7 Å². The third kappa shape index (κ3) is 5.37. The van der Waals surface area contributed by atoms with Crippen LogP contribution in [0.25, 0.3) is 11.1 Å². The first-order valence-electron chi connectivity index (χ1n) is 11.2. The number of hydrogen-bond donors (Lipinski definition) is 2. The first-order valence-corrected chi connectivity index (χ1v) is 11.2. The lowest BCUT2D eigenvalue weighted by atomic mass is 10.1. The van der Waals surface area contributed by atoms with Gasteiger partial charge in [0.25, 0.3) is 6.29 Å². The van der Waals surface area contributed by atoms with Crippen LogP contribution in [-0.4, -0.2) is 52.6 Å². The molecule has 0 fully saturated rings. The summed E-state index contributed by atoms with van der Waals surface area (Å²) in [6, 6.07) is 6.86. The molecule has 0 saturated heterocycles. The Morgan fingerprint density at radius 3 is 2.78 bits per heavy atom. The molecule has 0 aliphatic carbocycles. The zero-order valence-corrected chi connectivity index (χ0v) is 20.1. The monoisotopic (exact) mass is 490 g/mol. The van der Waals surface area contributed by atoms with Crippen LogP contribution >= 0.6 is 0 Å². The van der Waals surface area contributed by atoms with Crippen molar-refractivity contribution in [3.63, 3.8) is 0 Å². The van der Waals surface area contributed by atoms with Crippen LogP contribution in [-0.2, 0) is 21.3 Å². The minimum absolute atomic E-state index is 0.288. The van der Waals surface area contributed by atoms with Crippen molar-refractivity contribution in [2.24, 2.45) is 7.05 Å². The van der Waals surface area contributed by atoms with Crippen LogP contribution in [0.4, 0.5) is 22.1 Å². The van der Waals surface area contributed by atoms with E-state index in [0.717, 1.165) is 11.1 Å². The smallest absolute Gasteiger partial charge is 0.328 e. The van der Waals surface area contributed by atoms with Gasteiger partial charge in [-0.15, -0.1) is 0 Å². The van der Waals surface area contributed by atoms with Gasteiger partial charge >= 0.3 is 6.03 Å². The molecule has 0 unspecified atom stereocenters. The molecule has 186 valence electrons. The second-order valence-corrected chi connectivity index (χ2v) is 7.70. The number of rotatable bonds is 9. The molecule has 36 heavy (non-hydrogen) atoms. The molecule has 0 saturated carbocycles. The van der Waals surface area contributed by atoms with Gasteiger partial charge < -0.3 is 19.5 Å². The summed E-state index contributed by atoms with van der Waals surface area (Å²) in [5, 5.41) is 19.5. The molecular formula is C24H26N8O4. The summed E-state index contributed by atoms with van der Waals surface area (Å²) < 4.78 is 17.8. The quantitative estimate of drug-likeness (QED) is 0.432. The molecule has 12 nitrogen and oxygen atoms in total. The Balaban J connectivity index is 1.59.